The minimum atomic E-state index is -0.147. The smallest absolute Gasteiger partial charge is 0.256 e. The lowest BCUT2D eigenvalue weighted by Crippen LogP contribution is -2.12. The molecule has 0 aliphatic heterocycles. The van der Waals surface area contributed by atoms with Crippen LogP contribution in [0.25, 0.3) is 11.1 Å². The first kappa shape index (κ1) is 20.8. The average Bonchev–Trinajstić information content (AvgIpc) is 2.76. The first-order valence-electron chi connectivity index (χ1n) is 10.6. The number of nitrogens with zero attached hydrogens (tertiary/aromatic N) is 1. The fourth-order valence-corrected chi connectivity index (χ4v) is 3.34. The van der Waals surface area contributed by atoms with E-state index in [1.807, 2.05) is 43.3 Å². The number of benzene rings is 2. The van der Waals surface area contributed by atoms with Crippen LogP contribution in [0.1, 0.15) is 60.5 Å². The number of nitrogens with one attached hydrogen (secondary N) is 1. The van der Waals surface area contributed by atoms with Crippen molar-refractivity contribution in [1.29, 1.82) is 0 Å². The van der Waals surface area contributed by atoms with Crippen molar-refractivity contribution in [2.45, 2.75) is 52.4 Å². The van der Waals surface area contributed by atoms with Gasteiger partial charge < -0.3 is 5.32 Å². The number of aromatic nitrogens is 1. The molecule has 0 saturated carbocycles. The summed E-state index contributed by atoms with van der Waals surface area (Å²) in [5, 5.41) is 2.83. The number of pyridine rings is 1. The zero-order valence-electron chi connectivity index (χ0n) is 17.4. The van der Waals surface area contributed by atoms with E-state index in [0.29, 0.717) is 11.4 Å². The zero-order chi connectivity index (χ0) is 20.5. The third kappa shape index (κ3) is 6.28. The lowest BCUT2D eigenvalue weighted by atomic mass is 10.00. The van der Waals surface area contributed by atoms with Gasteiger partial charge in [-0.25, -0.2) is 4.98 Å². The van der Waals surface area contributed by atoms with Crippen LogP contribution >= 0.6 is 0 Å². The van der Waals surface area contributed by atoms with Crippen LogP contribution in [0.4, 0.5) is 5.82 Å². The molecule has 1 amide bonds. The van der Waals surface area contributed by atoms with Gasteiger partial charge in [0, 0.05) is 11.8 Å². The number of unbranched alkanes of at least 4 members (excludes halogenated alkanes) is 4. The summed E-state index contributed by atoms with van der Waals surface area (Å²) < 4.78 is 0. The highest BCUT2D eigenvalue weighted by molar-refractivity contribution is 6.04. The molecule has 3 heteroatoms. The van der Waals surface area contributed by atoms with Crippen LogP contribution in [-0.4, -0.2) is 10.9 Å². The lowest BCUT2D eigenvalue weighted by Gasteiger charge is -2.07. The number of carbonyl (C=O) groups excluding carboxylic acids is 1. The maximum atomic E-state index is 12.4. The van der Waals surface area contributed by atoms with Gasteiger partial charge in [-0.2, -0.15) is 0 Å². The lowest BCUT2D eigenvalue weighted by molar-refractivity contribution is 0.102. The number of carbonyl (C=O) groups is 1. The number of hydrogen-bond donors (Lipinski definition) is 1. The van der Waals surface area contributed by atoms with Gasteiger partial charge in [0.2, 0.25) is 0 Å². The molecule has 3 aromatic rings. The van der Waals surface area contributed by atoms with Crippen LogP contribution in [0, 0.1) is 6.92 Å². The molecule has 3 nitrogen and oxygen atoms in total. The molecule has 0 spiro atoms. The molecule has 0 radical (unpaired) electrons. The second-order valence-corrected chi connectivity index (χ2v) is 7.61. The summed E-state index contributed by atoms with van der Waals surface area (Å²) in [5.74, 6) is 0.418. The van der Waals surface area contributed by atoms with E-state index in [-0.39, 0.29) is 5.91 Å². The number of amides is 1. The fraction of sp³-hybridized carbons (Fsp3) is 0.308. The van der Waals surface area contributed by atoms with Crippen molar-refractivity contribution in [3.63, 3.8) is 0 Å². The van der Waals surface area contributed by atoms with E-state index in [1.165, 1.54) is 43.2 Å². The summed E-state index contributed by atoms with van der Waals surface area (Å²) in [6, 6.07) is 20.3. The van der Waals surface area contributed by atoms with E-state index in [2.05, 4.69) is 41.5 Å². The summed E-state index contributed by atoms with van der Waals surface area (Å²) in [6.45, 7) is 4.22. The molecule has 3 rings (SSSR count). The van der Waals surface area contributed by atoms with Gasteiger partial charge in [-0.15, -0.1) is 0 Å². The van der Waals surface area contributed by atoms with E-state index >= 15 is 0 Å². The Kier molecular flexibility index (Phi) is 7.57. The number of hydrogen-bond acceptors (Lipinski definition) is 2. The standard InChI is InChI=1S/C26H30N2O/c1-3-4-5-6-7-8-21-10-12-22(13-11-21)23-14-16-24(17-15-23)26(29)28-25-18-9-20(2)19-27-25/h9-19H,3-8H2,1-2H3,(H,27,28,29). The normalized spacial score (nSPS) is 10.7. The third-order valence-electron chi connectivity index (χ3n) is 5.16. The molecule has 29 heavy (non-hydrogen) atoms. The average molecular weight is 387 g/mol. The van der Waals surface area contributed by atoms with Gasteiger partial charge in [0.1, 0.15) is 5.82 Å². The molecule has 0 fully saturated rings. The number of rotatable bonds is 9. The molecule has 0 aliphatic rings. The molecule has 150 valence electrons. The molecule has 2 aromatic carbocycles. The molecule has 1 aromatic heterocycles. The Morgan fingerprint density at radius 1 is 0.828 bits per heavy atom. The Hall–Kier alpha value is -2.94. The van der Waals surface area contributed by atoms with Gasteiger partial charge in [0.25, 0.3) is 5.91 Å². The zero-order valence-corrected chi connectivity index (χ0v) is 17.4. The van der Waals surface area contributed by atoms with Crippen molar-refractivity contribution in [1.82, 2.24) is 4.98 Å². The highest BCUT2D eigenvalue weighted by atomic mass is 16.1. The maximum absolute atomic E-state index is 12.4. The van der Waals surface area contributed by atoms with E-state index < -0.39 is 0 Å². The van der Waals surface area contributed by atoms with Crippen LogP contribution in [0.15, 0.2) is 66.9 Å². The highest BCUT2D eigenvalue weighted by Gasteiger charge is 2.07. The maximum Gasteiger partial charge on any atom is 0.256 e. The van der Waals surface area contributed by atoms with Gasteiger partial charge in [-0.3, -0.25) is 4.79 Å². The molecule has 0 aliphatic carbocycles. The summed E-state index contributed by atoms with van der Waals surface area (Å²) >= 11 is 0. The molecule has 1 N–H and O–H groups in total. The van der Waals surface area contributed by atoms with Crippen LogP contribution in [0.2, 0.25) is 0 Å². The molecule has 0 unspecified atom stereocenters. The van der Waals surface area contributed by atoms with Crippen molar-refractivity contribution in [2.24, 2.45) is 0 Å². The molecular formula is C26H30N2O. The minimum Gasteiger partial charge on any atom is -0.307 e. The van der Waals surface area contributed by atoms with Crippen molar-refractivity contribution in [2.75, 3.05) is 5.32 Å². The van der Waals surface area contributed by atoms with Crippen molar-refractivity contribution >= 4 is 11.7 Å². The Balaban J connectivity index is 1.56. The predicted octanol–water partition coefficient (Wildman–Crippen LogP) is 6.82. The summed E-state index contributed by atoms with van der Waals surface area (Å²) in [5.41, 5.74) is 5.37. The van der Waals surface area contributed by atoms with Crippen LogP contribution in [0.3, 0.4) is 0 Å². The van der Waals surface area contributed by atoms with Crippen LogP contribution < -0.4 is 5.32 Å². The monoisotopic (exact) mass is 386 g/mol. The van der Waals surface area contributed by atoms with Gasteiger partial charge in [-0.1, -0.05) is 75.1 Å². The summed E-state index contributed by atoms with van der Waals surface area (Å²) in [6.07, 6.45) is 9.45. The SMILES string of the molecule is CCCCCCCc1ccc(-c2ccc(C(=O)Nc3ccc(C)cn3)cc2)cc1. The van der Waals surface area contributed by atoms with E-state index in [4.69, 9.17) is 0 Å². The second kappa shape index (κ2) is 10.6. The Bertz CT molecular complexity index is 897. The van der Waals surface area contributed by atoms with Gasteiger partial charge in [-0.05, 0) is 60.2 Å². The molecule has 0 bridgehead atoms. The Labute approximate surface area is 174 Å². The molecule has 0 atom stereocenters. The van der Waals surface area contributed by atoms with E-state index in [9.17, 15) is 4.79 Å². The van der Waals surface area contributed by atoms with Crippen molar-refractivity contribution < 1.29 is 4.79 Å². The van der Waals surface area contributed by atoms with Crippen molar-refractivity contribution in [3.8, 4) is 11.1 Å². The largest absolute Gasteiger partial charge is 0.307 e. The van der Waals surface area contributed by atoms with Crippen molar-refractivity contribution in [3.05, 3.63) is 83.6 Å². The second-order valence-electron chi connectivity index (χ2n) is 7.61. The van der Waals surface area contributed by atoms with Crippen LogP contribution in [-0.2, 0) is 6.42 Å². The Morgan fingerprint density at radius 2 is 1.48 bits per heavy atom. The molecule has 0 saturated heterocycles. The summed E-state index contributed by atoms with van der Waals surface area (Å²) in [4.78, 5) is 16.6. The number of anilines is 1. The van der Waals surface area contributed by atoms with Gasteiger partial charge >= 0.3 is 0 Å². The molecular weight excluding hydrogens is 356 g/mol. The predicted molar refractivity (Wildman–Crippen MR) is 121 cm³/mol. The Morgan fingerprint density at radius 3 is 2.10 bits per heavy atom. The van der Waals surface area contributed by atoms with E-state index in [1.54, 1.807) is 6.20 Å². The minimum absolute atomic E-state index is 0.147. The first-order valence-corrected chi connectivity index (χ1v) is 10.6. The van der Waals surface area contributed by atoms with Crippen LogP contribution in [0.5, 0.6) is 0 Å². The topological polar surface area (TPSA) is 42.0 Å². The van der Waals surface area contributed by atoms with E-state index in [0.717, 1.165) is 17.5 Å². The van der Waals surface area contributed by atoms with Gasteiger partial charge in [0.15, 0.2) is 0 Å². The quantitative estimate of drug-likeness (QED) is 0.410. The first-order chi connectivity index (χ1) is 14.2. The highest BCUT2D eigenvalue weighted by Crippen LogP contribution is 2.21. The fourth-order valence-electron chi connectivity index (χ4n) is 3.34. The number of aryl methyl sites for hydroxylation is 2. The third-order valence-corrected chi connectivity index (χ3v) is 5.16. The summed E-state index contributed by atoms with van der Waals surface area (Å²) in [7, 11) is 0. The molecule has 1 heterocycles. The van der Waals surface area contributed by atoms with Gasteiger partial charge in [0.05, 0.1) is 0 Å².